The smallest absolute Gasteiger partial charge is 0.346 e. The highest BCUT2D eigenvalue weighted by Crippen LogP contribution is 2.31. The van der Waals surface area contributed by atoms with Crippen LogP contribution in [0.15, 0.2) is 21.1 Å². The molecule has 0 aliphatic heterocycles. The molecule has 0 saturated heterocycles. The highest BCUT2D eigenvalue weighted by Gasteiger charge is 2.24. The fraction of sp³-hybridized carbons (Fsp3) is 0.125. The molecule has 0 bridgehead atoms. The number of ether oxygens (including phenoxy) is 1. The number of esters is 1. The number of methoxy groups -OCH3 is 1. The molecule has 1 rings (SSSR count). The number of carbonyl (C=O) groups is 1. The van der Waals surface area contributed by atoms with Gasteiger partial charge in [0.2, 0.25) is 0 Å². The molecule has 0 unspecified atom stereocenters. The lowest BCUT2D eigenvalue weighted by molar-refractivity contribution is -0.385. The van der Waals surface area contributed by atoms with Gasteiger partial charge in [0.05, 0.1) is 12.0 Å². The predicted octanol–water partition coefficient (Wildman–Crippen LogP) is 2.91. The number of rotatable bonds is 2. The Hall–Kier alpha value is -0.950. The summed E-state index contributed by atoms with van der Waals surface area (Å²) in [6, 6.07) is 2.79. The maximum atomic E-state index is 11.3. The highest BCUT2D eigenvalue weighted by atomic mass is 79.9. The molecule has 15 heavy (non-hydrogen) atoms. The zero-order valence-electron chi connectivity index (χ0n) is 7.49. The summed E-state index contributed by atoms with van der Waals surface area (Å²) in [7, 11) is 1.17. The third-order valence-corrected chi connectivity index (χ3v) is 2.70. The van der Waals surface area contributed by atoms with Gasteiger partial charge >= 0.3 is 5.97 Å². The van der Waals surface area contributed by atoms with Crippen LogP contribution < -0.4 is 0 Å². The maximum absolute atomic E-state index is 11.3. The van der Waals surface area contributed by atoms with Crippen LogP contribution in [-0.4, -0.2) is 18.0 Å². The Kier molecular flexibility index (Phi) is 3.81. The number of nitrogens with zero attached hydrogens (tertiary/aromatic N) is 1. The number of hydrogen-bond donors (Lipinski definition) is 0. The van der Waals surface area contributed by atoms with Crippen LogP contribution >= 0.6 is 31.9 Å². The molecule has 0 radical (unpaired) electrons. The second kappa shape index (κ2) is 4.71. The Balaban J connectivity index is 3.46. The van der Waals surface area contributed by atoms with Gasteiger partial charge in [-0.05, 0) is 22.0 Å². The first-order valence-corrected chi connectivity index (χ1v) is 5.27. The van der Waals surface area contributed by atoms with Gasteiger partial charge in [-0.15, -0.1) is 0 Å². The summed E-state index contributed by atoms with van der Waals surface area (Å²) in [4.78, 5) is 21.4. The molecule has 0 heterocycles. The molecule has 0 saturated carbocycles. The average molecular weight is 339 g/mol. The molecule has 0 fully saturated rings. The fourth-order valence-electron chi connectivity index (χ4n) is 1.01. The van der Waals surface area contributed by atoms with Crippen molar-refractivity contribution in [1.29, 1.82) is 0 Å². The molecule has 5 nitrogen and oxygen atoms in total. The largest absolute Gasteiger partial charge is 0.465 e. The van der Waals surface area contributed by atoms with Crippen LogP contribution in [0, 0.1) is 10.1 Å². The van der Waals surface area contributed by atoms with E-state index in [4.69, 9.17) is 0 Å². The highest BCUT2D eigenvalue weighted by molar-refractivity contribution is 9.11. The normalized spacial score (nSPS) is 9.80. The minimum atomic E-state index is -0.749. The lowest BCUT2D eigenvalue weighted by Crippen LogP contribution is -2.06. The summed E-state index contributed by atoms with van der Waals surface area (Å²) in [5.74, 6) is -0.749. The second-order valence-corrected chi connectivity index (χ2v) is 4.30. The van der Waals surface area contributed by atoms with Crippen molar-refractivity contribution < 1.29 is 14.5 Å². The number of nitro groups is 1. The van der Waals surface area contributed by atoms with Crippen molar-refractivity contribution in [3.8, 4) is 0 Å². The van der Waals surface area contributed by atoms with E-state index in [-0.39, 0.29) is 11.3 Å². The molecule has 0 amide bonds. The van der Waals surface area contributed by atoms with Gasteiger partial charge in [0, 0.05) is 15.0 Å². The quantitative estimate of drug-likeness (QED) is 0.472. The van der Waals surface area contributed by atoms with Crippen LogP contribution in [0.1, 0.15) is 10.4 Å². The zero-order chi connectivity index (χ0) is 11.6. The molecule has 0 aromatic heterocycles. The van der Waals surface area contributed by atoms with Gasteiger partial charge in [-0.2, -0.15) is 0 Å². The molecular formula is C8H5Br2NO4. The molecule has 7 heteroatoms. The molecule has 0 atom stereocenters. The standard InChI is InChI=1S/C8H5Br2NO4/c1-15-8(12)7-5(10)2-4(9)3-6(7)11(13)14/h2-3H,1H3. The monoisotopic (exact) mass is 337 g/mol. The first-order valence-electron chi connectivity index (χ1n) is 3.69. The van der Waals surface area contributed by atoms with E-state index in [1.54, 1.807) is 6.07 Å². The first kappa shape index (κ1) is 12.1. The molecule has 80 valence electrons. The van der Waals surface area contributed by atoms with Gasteiger partial charge in [0.15, 0.2) is 5.56 Å². The molecule has 0 aliphatic carbocycles. The van der Waals surface area contributed by atoms with E-state index in [1.165, 1.54) is 13.2 Å². The SMILES string of the molecule is COC(=O)c1c(Br)cc(Br)cc1[N+](=O)[O-]. The summed E-state index contributed by atoms with van der Waals surface area (Å²) in [5, 5.41) is 10.7. The predicted molar refractivity (Wildman–Crippen MR) is 59.8 cm³/mol. The number of halogens is 2. The molecule has 1 aromatic carbocycles. The zero-order valence-corrected chi connectivity index (χ0v) is 10.7. The van der Waals surface area contributed by atoms with Crippen LogP contribution in [0.3, 0.4) is 0 Å². The van der Waals surface area contributed by atoms with Crippen LogP contribution in [0.25, 0.3) is 0 Å². The van der Waals surface area contributed by atoms with Crippen molar-refractivity contribution in [3.05, 3.63) is 36.8 Å². The van der Waals surface area contributed by atoms with Gasteiger partial charge in [-0.1, -0.05) is 15.9 Å². The lowest BCUT2D eigenvalue weighted by Gasteiger charge is -2.04. The Morgan fingerprint density at radius 2 is 2.07 bits per heavy atom. The van der Waals surface area contributed by atoms with E-state index in [9.17, 15) is 14.9 Å². The van der Waals surface area contributed by atoms with Crippen LogP contribution in [0.4, 0.5) is 5.69 Å². The van der Waals surface area contributed by atoms with Crippen molar-refractivity contribution in [2.75, 3.05) is 7.11 Å². The van der Waals surface area contributed by atoms with E-state index < -0.39 is 10.9 Å². The van der Waals surface area contributed by atoms with Gasteiger partial charge in [-0.25, -0.2) is 4.79 Å². The van der Waals surface area contributed by atoms with Crippen molar-refractivity contribution in [1.82, 2.24) is 0 Å². The van der Waals surface area contributed by atoms with Crippen LogP contribution in [0.2, 0.25) is 0 Å². The summed E-state index contributed by atoms with van der Waals surface area (Å²) in [6.45, 7) is 0. The minimum Gasteiger partial charge on any atom is -0.465 e. The third kappa shape index (κ3) is 2.54. The number of hydrogen-bond acceptors (Lipinski definition) is 4. The average Bonchev–Trinajstić information content (AvgIpc) is 2.15. The maximum Gasteiger partial charge on any atom is 0.346 e. The van der Waals surface area contributed by atoms with Gasteiger partial charge < -0.3 is 4.74 Å². The van der Waals surface area contributed by atoms with Crippen molar-refractivity contribution >= 4 is 43.5 Å². The number of nitro benzene ring substituents is 1. The van der Waals surface area contributed by atoms with Crippen molar-refractivity contribution in [2.45, 2.75) is 0 Å². The molecule has 1 aromatic rings. The summed E-state index contributed by atoms with van der Waals surface area (Å²) >= 11 is 6.17. The van der Waals surface area contributed by atoms with E-state index in [0.717, 1.165) is 0 Å². The number of benzene rings is 1. The minimum absolute atomic E-state index is 0.0919. The van der Waals surface area contributed by atoms with Gasteiger partial charge in [0.25, 0.3) is 5.69 Å². The summed E-state index contributed by atoms with van der Waals surface area (Å²) < 4.78 is 5.28. The second-order valence-electron chi connectivity index (χ2n) is 2.53. The topological polar surface area (TPSA) is 69.4 Å². The van der Waals surface area contributed by atoms with Crippen LogP contribution in [0.5, 0.6) is 0 Å². The Bertz CT molecular complexity index is 433. The van der Waals surface area contributed by atoms with Crippen LogP contribution in [-0.2, 0) is 4.74 Å². The first-order chi connectivity index (χ1) is 6.97. The molecule has 0 aliphatic rings. The van der Waals surface area contributed by atoms with E-state index in [1.807, 2.05) is 0 Å². The summed E-state index contributed by atoms with van der Waals surface area (Å²) in [5.41, 5.74) is -0.395. The molecular weight excluding hydrogens is 334 g/mol. The van der Waals surface area contributed by atoms with Crippen molar-refractivity contribution in [3.63, 3.8) is 0 Å². The molecule has 0 spiro atoms. The van der Waals surface area contributed by atoms with Crippen molar-refractivity contribution in [2.24, 2.45) is 0 Å². The summed E-state index contributed by atoms with van der Waals surface area (Å²) in [6.07, 6.45) is 0. The van der Waals surface area contributed by atoms with E-state index >= 15 is 0 Å². The Labute approximate surface area is 102 Å². The Morgan fingerprint density at radius 1 is 1.47 bits per heavy atom. The fourth-order valence-corrected chi connectivity index (χ4v) is 2.37. The van der Waals surface area contributed by atoms with E-state index in [2.05, 4.69) is 36.6 Å². The number of carbonyl (C=O) groups excluding carboxylic acids is 1. The Morgan fingerprint density at radius 3 is 2.53 bits per heavy atom. The molecule has 0 N–H and O–H groups in total. The van der Waals surface area contributed by atoms with E-state index in [0.29, 0.717) is 8.95 Å². The van der Waals surface area contributed by atoms with Gasteiger partial charge in [0.1, 0.15) is 0 Å². The third-order valence-electron chi connectivity index (χ3n) is 1.62. The van der Waals surface area contributed by atoms with Gasteiger partial charge in [-0.3, -0.25) is 10.1 Å². The lowest BCUT2D eigenvalue weighted by atomic mass is 10.2.